The molecular weight excluding hydrogens is 420 g/mol. The van der Waals surface area contributed by atoms with Gasteiger partial charge in [0.1, 0.15) is 11.6 Å². The van der Waals surface area contributed by atoms with Crippen LogP contribution in [0.15, 0.2) is 83.6 Å². The number of furan rings is 1. The number of rotatable bonds is 9. The van der Waals surface area contributed by atoms with E-state index in [1.165, 1.54) is 6.26 Å². The van der Waals surface area contributed by atoms with E-state index in [1.807, 2.05) is 37.3 Å². The number of hydrogen-bond acceptors (Lipinski definition) is 5. The van der Waals surface area contributed by atoms with Gasteiger partial charge in [0.2, 0.25) is 0 Å². The first-order valence-corrected chi connectivity index (χ1v) is 10.6. The van der Waals surface area contributed by atoms with Crippen molar-refractivity contribution in [3.8, 4) is 17.0 Å². The topological polar surface area (TPSA) is 109 Å². The van der Waals surface area contributed by atoms with E-state index in [1.54, 1.807) is 42.6 Å². The molecule has 0 aliphatic rings. The second-order valence-electron chi connectivity index (χ2n) is 7.32. The number of hydrogen-bond donors (Lipinski definition) is 3. The summed E-state index contributed by atoms with van der Waals surface area (Å²) in [6, 6.07) is 19.6. The van der Waals surface area contributed by atoms with E-state index in [0.717, 1.165) is 11.3 Å². The zero-order valence-electron chi connectivity index (χ0n) is 18.1. The van der Waals surface area contributed by atoms with Gasteiger partial charge in [0, 0.05) is 11.8 Å². The molecule has 0 radical (unpaired) electrons. The smallest absolute Gasteiger partial charge is 0.291 e. The van der Waals surface area contributed by atoms with E-state index < -0.39 is 0 Å². The number of anilines is 1. The Hall–Kier alpha value is -4.33. The summed E-state index contributed by atoms with van der Waals surface area (Å²) < 4.78 is 10.7. The quantitative estimate of drug-likeness (QED) is 0.350. The average Bonchev–Trinajstić information content (AvgIpc) is 3.55. The van der Waals surface area contributed by atoms with Gasteiger partial charge in [0.15, 0.2) is 12.4 Å². The van der Waals surface area contributed by atoms with Crippen LogP contribution in [0.2, 0.25) is 0 Å². The minimum absolute atomic E-state index is 0.168. The second-order valence-corrected chi connectivity index (χ2v) is 7.32. The van der Waals surface area contributed by atoms with E-state index in [0.29, 0.717) is 23.7 Å². The Kier molecular flexibility index (Phi) is 6.84. The minimum Gasteiger partial charge on any atom is -0.484 e. The lowest BCUT2D eigenvalue weighted by Gasteiger charge is -2.15. The van der Waals surface area contributed by atoms with Gasteiger partial charge in [-0.1, -0.05) is 43.3 Å². The van der Waals surface area contributed by atoms with Crippen molar-refractivity contribution in [2.24, 2.45) is 0 Å². The van der Waals surface area contributed by atoms with Gasteiger partial charge in [-0.25, -0.2) is 4.98 Å². The van der Waals surface area contributed by atoms with Gasteiger partial charge in [-0.15, -0.1) is 0 Å². The number of H-pyrrole nitrogens is 1. The van der Waals surface area contributed by atoms with Crippen molar-refractivity contribution in [3.63, 3.8) is 0 Å². The molecule has 2 aromatic heterocycles. The zero-order valence-corrected chi connectivity index (χ0v) is 18.1. The number of carbonyl (C=O) groups excluding carboxylic acids is 2. The summed E-state index contributed by atoms with van der Waals surface area (Å²) in [5, 5.41) is 5.67. The maximum atomic E-state index is 12.5. The van der Waals surface area contributed by atoms with Crippen molar-refractivity contribution in [1.82, 2.24) is 15.3 Å². The highest BCUT2D eigenvalue weighted by molar-refractivity contribution is 6.02. The molecule has 4 rings (SSSR count). The highest BCUT2D eigenvalue weighted by atomic mass is 16.5. The van der Waals surface area contributed by atoms with E-state index in [4.69, 9.17) is 9.15 Å². The Labute approximate surface area is 191 Å². The highest BCUT2D eigenvalue weighted by Gasteiger charge is 2.17. The molecule has 4 aromatic rings. The SMILES string of the molecule is CCC(NC(=O)COc1cccc(NC(=O)c2ccco2)c1)c1ncc(-c2ccccc2)[nH]1. The second kappa shape index (κ2) is 10.3. The Morgan fingerprint density at radius 1 is 1.09 bits per heavy atom. The van der Waals surface area contributed by atoms with Crippen molar-refractivity contribution in [2.75, 3.05) is 11.9 Å². The van der Waals surface area contributed by atoms with Crippen molar-refractivity contribution in [2.45, 2.75) is 19.4 Å². The summed E-state index contributed by atoms with van der Waals surface area (Å²) in [5.41, 5.74) is 2.45. The number of aromatic nitrogens is 2. The Morgan fingerprint density at radius 3 is 2.70 bits per heavy atom. The fraction of sp³-hybridized carbons (Fsp3) is 0.160. The van der Waals surface area contributed by atoms with Crippen LogP contribution in [0.25, 0.3) is 11.3 Å². The van der Waals surface area contributed by atoms with Crippen LogP contribution in [-0.4, -0.2) is 28.4 Å². The van der Waals surface area contributed by atoms with Crippen molar-refractivity contribution >= 4 is 17.5 Å². The molecule has 1 unspecified atom stereocenters. The molecule has 0 aliphatic heterocycles. The lowest BCUT2D eigenvalue weighted by molar-refractivity contribution is -0.123. The third-order valence-corrected chi connectivity index (χ3v) is 4.96. The normalized spacial score (nSPS) is 11.5. The van der Waals surface area contributed by atoms with Crippen LogP contribution in [-0.2, 0) is 4.79 Å². The van der Waals surface area contributed by atoms with E-state index in [-0.39, 0.29) is 30.2 Å². The number of ether oxygens (including phenoxy) is 1. The molecule has 33 heavy (non-hydrogen) atoms. The maximum Gasteiger partial charge on any atom is 0.291 e. The summed E-state index contributed by atoms with van der Waals surface area (Å²) in [6.45, 7) is 1.81. The zero-order chi connectivity index (χ0) is 23.0. The molecule has 3 N–H and O–H groups in total. The van der Waals surface area contributed by atoms with Gasteiger partial charge in [0.05, 0.1) is 24.2 Å². The lowest BCUT2D eigenvalue weighted by atomic mass is 10.2. The highest BCUT2D eigenvalue weighted by Crippen LogP contribution is 2.21. The fourth-order valence-electron chi connectivity index (χ4n) is 3.29. The fourth-order valence-corrected chi connectivity index (χ4v) is 3.29. The first-order valence-electron chi connectivity index (χ1n) is 10.6. The molecule has 0 bridgehead atoms. The standard InChI is InChI=1S/C25H24N4O4/c1-2-20(24-26-15-21(29-24)17-8-4-3-5-9-17)28-23(30)16-33-19-11-6-10-18(14-19)27-25(31)22-12-7-13-32-22/h3-15,20H,2,16H2,1H3,(H,26,29)(H,27,31)(H,28,30). The van der Waals surface area contributed by atoms with Gasteiger partial charge >= 0.3 is 0 Å². The third-order valence-electron chi connectivity index (χ3n) is 4.96. The molecule has 0 fully saturated rings. The molecule has 8 nitrogen and oxygen atoms in total. The maximum absolute atomic E-state index is 12.5. The first kappa shape index (κ1) is 21.9. The molecule has 0 spiro atoms. The van der Waals surface area contributed by atoms with E-state index >= 15 is 0 Å². The Balaban J connectivity index is 1.32. The van der Waals surface area contributed by atoms with Crippen molar-refractivity contribution in [3.05, 3.63) is 90.8 Å². The average molecular weight is 444 g/mol. The summed E-state index contributed by atoms with van der Waals surface area (Å²) in [7, 11) is 0. The largest absolute Gasteiger partial charge is 0.484 e. The number of carbonyl (C=O) groups is 2. The summed E-state index contributed by atoms with van der Waals surface area (Å²) in [4.78, 5) is 32.3. The summed E-state index contributed by atoms with van der Waals surface area (Å²) >= 11 is 0. The van der Waals surface area contributed by atoms with Crippen LogP contribution in [0.3, 0.4) is 0 Å². The number of amides is 2. The summed E-state index contributed by atoms with van der Waals surface area (Å²) in [5.74, 6) is 0.713. The number of nitrogens with one attached hydrogen (secondary N) is 3. The Bertz CT molecular complexity index is 1200. The number of imidazole rings is 1. The van der Waals surface area contributed by atoms with Gasteiger partial charge in [-0.05, 0) is 36.2 Å². The van der Waals surface area contributed by atoms with Crippen LogP contribution >= 0.6 is 0 Å². The predicted molar refractivity (Wildman–Crippen MR) is 124 cm³/mol. The molecule has 0 aliphatic carbocycles. The van der Waals surface area contributed by atoms with Crippen molar-refractivity contribution < 1.29 is 18.7 Å². The lowest BCUT2D eigenvalue weighted by Crippen LogP contribution is -2.33. The Morgan fingerprint density at radius 2 is 1.94 bits per heavy atom. The first-order chi connectivity index (χ1) is 16.1. The molecule has 2 aromatic carbocycles. The van der Waals surface area contributed by atoms with Crippen LogP contribution in [0, 0.1) is 0 Å². The van der Waals surface area contributed by atoms with Crippen molar-refractivity contribution in [1.29, 1.82) is 0 Å². The minimum atomic E-state index is -0.367. The molecule has 1 atom stereocenters. The molecule has 168 valence electrons. The monoisotopic (exact) mass is 444 g/mol. The van der Waals surface area contributed by atoms with Crippen LogP contribution < -0.4 is 15.4 Å². The van der Waals surface area contributed by atoms with Crippen LogP contribution in [0.1, 0.15) is 35.8 Å². The number of aromatic amines is 1. The van der Waals surface area contributed by atoms with E-state index in [2.05, 4.69) is 20.6 Å². The molecule has 2 heterocycles. The van der Waals surface area contributed by atoms with Crippen LogP contribution in [0.5, 0.6) is 5.75 Å². The molecule has 0 saturated carbocycles. The number of benzene rings is 2. The van der Waals surface area contributed by atoms with Gasteiger partial charge in [-0.2, -0.15) is 0 Å². The van der Waals surface area contributed by atoms with Gasteiger partial charge in [-0.3, -0.25) is 9.59 Å². The molecular formula is C25H24N4O4. The van der Waals surface area contributed by atoms with Gasteiger partial charge < -0.3 is 24.8 Å². The van der Waals surface area contributed by atoms with Gasteiger partial charge in [0.25, 0.3) is 11.8 Å². The molecule has 2 amide bonds. The molecule has 8 heteroatoms. The number of nitrogens with zero attached hydrogens (tertiary/aromatic N) is 1. The van der Waals surface area contributed by atoms with E-state index in [9.17, 15) is 9.59 Å². The third kappa shape index (κ3) is 5.68. The molecule has 0 saturated heterocycles. The van der Waals surface area contributed by atoms with Crippen LogP contribution in [0.4, 0.5) is 5.69 Å². The summed E-state index contributed by atoms with van der Waals surface area (Å²) in [6.07, 6.45) is 3.86. The predicted octanol–water partition coefficient (Wildman–Crippen LogP) is 4.57.